The number of imidazole rings is 1. The first kappa shape index (κ1) is 28.6. The largest absolute Gasteiger partial charge is 0.497 e. The molecule has 1 aliphatic heterocycles. The highest BCUT2D eigenvalue weighted by Crippen LogP contribution is 2.43. The van der Waals surface area contributed by atoms with Crippen molar-refractivity contribution >= 4 is 33.4 Å². The second-order valence-electron chi connectivity index (χ2n) is 10.7. The van der Waals surface area contributed by atoms with Gasteiger partial charge in [-0.2, -0.15) is 0 Å². The van der Waals surface area contributed by atoms with Crippen LogP contribution in [0.25, 0.3) is 5.69 Å². The number of carbonyl (C=O) groups excluding carboxylic acids is 1. The number of carbonyl (C=O) groups is 1. The van der Waals surface area contributed by atoms with Crippen molar-refractivity contribution in [2.24, 2.45) is 0 Å². The highest BCUT2D eigenvalue weighted by Gasteiger charge is 2.31. The van der Waals surface area contributed by atoms with Gasteiger partial charge >= 0.3 is 5.69 Å². The number of aromatic nitrogens is 2. The molecule has 10 heteroatoms. The average Bonchev–Trinajstić information content (AvgIpc) is 3.81. The number of hydrogen-bond donors (Lipinski definition) is 1. The normalized spacial score (nSPS) is 14.9. The van der Waals surface area contributed by atoms with Crippen molar-refractivity contribution in [2.75, 3.05) is 20.8 Å². The molecule has 3 aromatic carbocycles. The number of ether oxygens (including phenoxy) is 2. The van der Waals surface area contributed by atoms with Crippen LogP contribution >= 0.6 is 27.5 Å². The third-order valence-electron chi connectivity index (χ3n) is 8.00. The molecule has 0 unspecified atom stereocenters. The molecule has 2 heterocycles. The summed E-state index contributed by atoms with van der Waals surface area (Å²) in [6.45, 7) is 2.60. The number of fused-ring (bicyclic) bond motifs is 1. The minimum Gasteiger partial charge on any atom is -0.497 e. The van der Waals surface area contributed by atoms with E-state index in [4.69, 9.17) is 21.1 Å². The van der Waals surface area contributed by atoms with Crippen LogP contribution in [0, 0.1) is 0 Å². The third-order valence-corrected chi connectivity index (χ3v) is 9.24. The van der Waals surface area contributed by atoms with Gasteiger partial charge in [0.25, 0.3) is 5.91 Å². The first-order valence-corrected chi connectivity index (χ1v) is 15.1. The molecule has 1 aliphatic carbocycles. The molecule has 1 saturated carbocycles. The molecule has 0 atom stereocenters. The minimum atomic E-state index is -0.289. The van der Waals surface area contributed by atoms with Crippen LogP contribution < -0.4 is 20.5 Å². The zero-order valence-corrected chi connectivity index (χ0v) is 25.9. The Hall–Kier alpha value is -3.53. The molecule has 8 nitrogen and oxygen atoms in total. The molecule has 1 N–H and O–H groups in total. The Morgan fingerprint density at radius 3 is 2.43 bits per heavy atom. The fraction of sp³-hybridized carbons (Fsp3) is 0.312. The number of hydrogen-bond acceptors (Lipinski definition) is 5. The Kier molecular flexibility index (Phi) is 8.16. The maximum absolute atomic E-state index is 14.0. The fourth-order valence-electron chi connectivity index (χ4n) is 5.64. The van der Waals surface area contributed by atoms with Gasteiger partial charge < -0.3 is 14.8 Å². The van der Waals surface area contributed by atoms with Gasteiger partial charge in [-0.1, -0.05) is 23.7 Å². The monoisotopic (exact) mass is 650 g/mol. The van der Waals surface area contributed by atoms with Gasteiger partial charge in [-0.05, 0) is 99.9 Å². The molecule has 1 aromatic heterocycles. The fourth-order valence-corrected chi connectivity index (χ4v) is 6.09. The van der Waals surface area contributed by atoms with Crippen LogP contribution in [0.2, 0.25) is 5.02 Å². The van der Waals surface area contributed by atoms with Crippen LogP contribution in [-0.4, -0.2) is 40.7 Å². The zero-order chi connectivity index (χ0) is 29.4. The Morgan fingerprint density at radius 2 is 1.74 bits per heavy atom. The van der Waals surface area contributed by atoms with E-state index in [-0.39, 0.29) is 11.6 Å². The van der Waals surface area contributed by atoms with E-state index in [1.165, 1.54) is 10.1 Å². The van der Waals surface area contributed by atoms with E-state index in [2.05, 4.69) is 32.2 Å². The van der Waals surface area contributed by atoms with Crippen molar-refractivity contribution in [3.05, 3.63) is 109 Å². The van der Waals surface area contributed by atoms with Crippen LogP contribution in [0.15, 0.2) is 69.9 Å². The predicted octanol–water partition coefficient (Wildman–Crippen LogP) is 5.90. The number of halogens is 2. The van der Waals surface area contributed by atoms with Crippen molar-refractivity contribution in [3.63, 3.8) is 0 Å². The molecule has 218 valence electrons. The second-order valence-corrected chi connectivity index (χ2v) is 12.0. The molecule has 0 saturated heterocycles. The zero-order valence-electron chi connectivity index (χ0n) is 23.5. The van der Waals surface area contributed by atoms with Crippen LogP contribution in [0.3, 0.4) is 0 Å². The molecule has 0 radical (unpaired) electrons. The van der Waals surface area contributed by atoms with Crippen molar-refractivity contribution < 1.29 is 14.3 Å². The summed E-state index contributed by atoms with van der Waals surface area (Å²) in [4.78, 5) is 30.0. The lowest BCUT2D eigenvalue weighted by molar-refractivity contribution is 0.0940. The topological polar surface area (TPSA) is 77.7 Å². The van der Waals surface area contributed by atoms with E-state index in [9.17, 15) is 9.59 Å². The van der Waals surface area contributed by atoms with Gasteiger partial charge in [0.2, 0.25) is 0 Å². The maximum atomic E-state index is 14.0. The van der Waals surface area contributed by atoms with E-state index >= 15 is 0 Å². The van der Waals surface area contributed by atoms with Crippen molar-refractivity contribution in [1.29, 1.82) is 0 Å². The standard InChI is InChI=1S/C32H32BrClN4O4/c1-41-24-10-7-23(8-11-24)38-30(31(39)35-17-22-6-9-25(42-2)16-26(22)21-4-5-21)29-19-36(13-14-37(29)32(38)40)18-20-3-12-27(33)28(34)15-20/h3,6-12,15-16,21H,4-5,13-14,17-19H2,1-2H3,(H,35,39). The number of nitrogens with zero attached hydrogens (tertiary/aromatic N) is 3. The third kappa shape index (κ3) is 5.73. The first-order chi connectivity index (χ1) is 20.4. The minimum absolute atomic E-state index is 0.227. The quantitative estimate of drug-likeness (QED) is 0.244. The van der Waals surface area contributed by atoms with Gasteiger partial charge in [0.05, 0.1) is 30.6 Å². The van der Waals surface area contributed by atoms with Crippen molar-refractivity contribution in [3.8, 4) is 17.2 Å². The van der Waals surface area contributed by atoms with Crippen LogP contribution in [0.4, 0.5) is 0 Å². The number of amides is 1. The molecule has 6 rings (SSSR count). The second kappa shape index (κ2) is 12.0. The highest BCUT2D eigenvalue weighted by molar-refractivity contribution is 9.10. The van der Waals surface area contributed by atoms with E-state index < -0.39 is 0 Å². The van der Waals surface area contributed by atoms with E-state index in [1.807, 2.05) is 30.3 Å². The predicted molar refractivity (Wildman–Crippen MR) is 166 cm³/mol. The Balaban J connectivity index is 1.34. The molecular weight excluding hydrogens is 620 g/mol. The SMILES string of the molecule is COc1ccc(-n2c(C(=O)NCc3ccc(OC)cc3C3CC3)c3n(c2=O)CCN(Cc2ccc(Br)c(Cl)c2)C3)cc1. The molecular formula is C32H32BrClN4O4. The Bertz CT molecular complexity index is 1690. The number of benzene rings is 3. The summed E-state index contributed by atoms with van der Waals surface area (Å²) >= 11 is 9.80. The molecule has 1 amide bonds. The van der Waals surface area contributed by atoms with Crippen LogP contribution in [0.1, 0.15) is 51.6 Å². The molecule has 4 aromatic rings. The van der Waals surface area contributed by atoms with Gasteiger partial charge in [0.15, 0.2) is 0 Å². The first-order valence-electron chi connectivity index (χ1n) is 14.0. The molecule has 1 fully saturated rings. The lowest BCUT2D eigenvalue weighted by Gasteiger charge is -2.28. The van der Waals surface area contributed by atoms with Gasteiger partial charge in [-0.15, -0.1) is 0 Å². The molecule has 0 bridgehead atoms. The van der Waals surface area contributed by atoms with Crippen LogP contribution in [-0.2, 0) is 26.2 Å². The highest BCUT2D eigenvalue weighted by atomic mass is 79.9. The maximum Gasteiger partial charge on any atom is 0.333 e. The Labute approximate surface area is 257 Å². The summed E-state index contributed by atoms with van der Waals surface area (Å²) in [5, 5.41) is 3.78. The lowest BCUT2D eigenvalue weighted by Crippen LogP contribution is -2.37. The van der Waals surface area contributed by atoms with Crippen LogP contribution in [0.5, 0.6) is 11.5 Å². The van der Waals surface area contributed by atoms with E-state index in [1.54, 1.807) is 43.1 Å². The van der Waals surface area contributed by atoms with E-state index in [0.29, 0.717) is 66.5 Å². The number of nitrogens with one attached hydrogen (secondary N) is 1. The summed E-state index contributed by atoms with van der Waals surface area (Å²) in [5.41, 5.74) is 4.76. The summed E-state index contributed by atoms with van der Waals surface area (Å²) in [5.74, 6) is 1.69. The summed E-state index contributed by atoms with van der Waals surface area (Å²) in [6.07, 6.45) is 2.27. The smallest absolute Gasteiger partial charge is 0.333 e. The Morgan fingerprint density at radius 1 is 1.00 bits per heavy atom. The van der Waals surface area contributed by atoms with Gasteiger partial charge in [-0.3, -0.25) is 18.8 Å². The van der Waals surface area contributed by atoms with Crippen molar-refractivity contribution in [2.45, 2.75) is 44.9 Å². The lowest BCUT2D eigenvalue weighted by atomic mass is 10.0. The molecule has 42 heavy (non-hydrogen) atoms. The summed E-state index contributed by atoms with van der Waals surface area (Å²) < 4.78 is 14.9. The summed E-state index contributed by atoms with van der Waals surface area (Å²) in [6, 6.07) is 19.1. The van der Waals surface area contributed by atoms with Gasteiger partial charge in [0.1, 0.15) is 17.2 Å². The molecule has 0 spiro atoms. The average molecular weight is 652 g/mol. The molecule has 2 aliphatic rings. The van der Waals surface area contributed by atoms with E-state index in [0.717, 1.165) is 34.2 Å². The van der Waals surface area contributed by atoms with Crippen molar-refractivity contribution in [1.82, 2.24) is 19.4 Å². The number of methoxy groups -OCH3 is 2. The number of rotatable bonds is 9. The van der Waals surface area contributed by atoms with Gasteiger partial charge in [0, 0.05) is 37.2 Å². The van der Waals surface area contributed by atoms with Gasteiger partial charge in [-0.25, -0.2) is 4.79 Å². The summed E-state index contributed by atoms with van der Waals surface area (Å²) in [7, 11) is 3.26.